The van der Waals surface area contributed by atoms with Crippen LogP contribution in [0.3, 0.4) is 0 Å². The van der Waals surface area contributed by atoms with Gasteiger partial charge in [0.05, 0.1) is 5.69 Å². The van der Waals surface area contributed by atoms with Gasteiger partial charge in [-0.3, -0.25) is 9.78 Å². The second-order valence-electron chi connectivity index (χ2n) is 8.37. The number of aromatic hydroxyl groups is 1. The van der Waals surface area contributed by atoms with E-state index in [4.69, 9.17) is 0 Å². The Morgan fingerprint density at radius 3 is 1.82 bits per heavy atom. The van der Waals surface area contributed by atoms with Crippen molar-refractivity contribution in [3.63, 3.8) is 0 Å². The van der Waals surface area contributed by atoms with Crippen LogP contribution in [0.5, 0.6) is 5.75 Å². The molecule has 1 saturated heterocycles. The minimum Gasteiger partial charge on any atom is -0.502 e. The molecule has 1 aromatic rings. The van der Waals surface area contributed by atoms with Crippen molar-refractivity contribution in [3.8, 4) is 5.75 Å². The molecule has 5 nitrogen and oxygen atoms in total. The van der Waals surface area contributed by atoms with Crippen molar-refractivity contribution in [2.75, 3.05) is 18.0 Å². The molecule has 0 unspecified atom stereocenters. The highest BCUT2D eigenvalue weighted by Gasteiger charge is 2.19. The number of aromatic amines is 1. The quantitative estimate of drug-likeness (QED) is 0.354. The fourth-order valence-electron chi connectivity index (χ4n) is 3.84. The number of nitrogens with one attached hydrogen (secondary N) is 1. The molecule has 0 aromatic carbocycles. The summed E-state index contributed by atoms with van der Waals surface area (Å²) in [4.78, 5) is 21.1. The highest BCUT2D eigenvalue weighted by molar-refractivity contribution is 5.37. The Balaban J connectivity index is 1.47. The second-order valence-corrected chi connectivity index (χ2v) is 8.37. The summed E-state index contributed by atoms with van der Waals surface area (Å²) < 4.78 is 0. The highest BCUT2D eigenvalue weighted by atomic mass is 16.3. The van der Waals surface area contributed by atoms with Crippen LogP contribution in [0.25, 0.3) is 0 Å². The molecule has 0 amide bonds. The molecule has 0 bridgehead atoms. The molecular weight excluding hydrogens is 350 g/mol. The molecule has 0 saturated carbocycles. The van der Waals surface area contributed by atoms with Gasteiger partial charge < -0.3 is 10.0 Å². The SMILES string of the molecule is CCCCCCCCCCCCCCCCc1nc(N2CCC2)[nH]c(=O)c1O. The monoisotopic (exact) mass is 391 g/mol. The molecule has 0 spiro atoms. The molecule has 28 heavy (non-hydrogen) atoms. The van der Waals surface area contributed by atoms with E-state index in [-0.39, 0.29) is 5.75 Å². The van der Waals surface area contributed by atoms with Crippen LogP contribution in [0.1, 0.15) is 109 Å². The molecule has 1 aliphatic heterocycles. The van der Waals surface area contributed by atoms with Crippen LogP contribution >= 0.6 is 0 Å². The molecule has 1 fully saturated rings. The summed E-state index contributed by atoms with van der Waals surface area (Å²) in [5.74, 6) is 0.424. The number of rotatable bonds is 16. The summed E-state index contributed by atoms with van der Waals surface area (Å²) in [6, 6.07) is 0. The first-order valence-corrected chi connectivity index (χ1v) is 11.8. The van der Waals surface area contributed by atoms with Crippen LogP contribution in [0.2, 0.25) is 0 Å². The maximum atomic E-state index is 11.9. The van der Waals surface area contributed by atoms with E-state index in [1.165, 1.54) is 77.0 Å². The lowest BCUT2D eigenvalue weighted by Crippen LogP contribution is -2.39. The van der Waals surface area contributed by atoms with Crippen molar-refractivity contribution in [1.29, 1.82) is 0 Å². The van der Waals surface area contributed by atoms with E-state index in [0.717, 1.165) is 32.4 Å². The van der Waals surface area contributed by atoms with Crippen molar-refractivity contribution in [1.82, 2.24) is 9.97 Å². The molecule has 2 rings (SSSR count). The minimum absolute atomic E-state index is 0.195. The zero-order valence-electron chi connectivity index (χ0n) is 18.0. The number of unbranched alkanes of at least 4 members (excludes halogenated alkanes) is 13. The van der Waals surface area contributed by atoms with Crippen molar-refractivity contribution in [3.05, 3.63) is 16.0 Å². The number of aromatic nitrogens is 2. The summed E-state index contributed by atoms with van der Waals surface area (Å²) >= 11 is 0. The summed E-state index contributed by atoms with van der Waals surface area (Å²) in [6.45, 7) is 4.14. The van der Waals surface area contributed by atoms with Crippen molar-refractivity contribution >= 4 is 5.95 Å². The van der Waals surface area contributed by atoms with Crippen LogP contribution in [-0.4, -0.2) is 28.2 Å². The summed E-state index contributed by atoms with van der Waals surface area (Å²) in [5, 5.41) is 9.97. The van der Waals surface area contributed by atoms with Crippen molar-refractivity contribution < 1.29 is 5.11 Å². The zero-order valence-corrected chi connectivity index (χ0v) is 18.0. The fourth-order valence-corrected chi connectivity index (χ4v) is 3.84. The lowest BCUT2D eigenvalue weighted by Gasteiger charge is -2.31. The van der Waals surface area contributed by atoms with Gasteiger partial charge in [0.2, 0.25) is 11.7 Å². The predicted octanol–water partition coefficient (Wildman–Crippen LogP) is 5.71. The number of H-pyrrole nitrogens is 1. The summed E-state index contributed by atoms with van der Waals surface area (Å²) in [7, 11) is 0. The Morgan fingerprint density at radius 2 is 1.36 bits per heavy atom. The van der Waals surface area contributed by atoms with Crippen LogP contribution in [0.15, 0.2) is 4.79 Å². The predicted molar refractivity (Wildman–Crippen MR) is 117 cm³/mol. The molecule has 2 N–H and O–H groups in total. The number of anilines is 1. The maximum absolute atomic E-state index is 11.9. The van der Waals surface area contributed by atoms with Crippen LogP contribution < -0.4 is 10.5 Å². The smallest absolute Gasteiger partial charge is 0.294 e. The molecule has 0 radical (unpaired) electrons. The van der Waals surface area contributed by atoms with Gasteiger partial charge in [-0.2, -0.15) is 0 Å². The van der Waals surface area contributed by atoms with Gasteiger partial charge in [0.1, 0.15) is 0 Å². The molecule has 0 atom stereocenters. The van der Waals surface area contributed by atoms with Gasteiger partial charge in [0.25, 0.3) is 5.56 Å². The molecule has 160 valence electrons. The molecule has 1 aromatic heterocycles. The van der Waals surface area contributed by atoms with Crippen LogP contribution in [0, 0.1) is 0 Å². The van der Waals surface area contributed by atoms with Gasteiger partial charge in [-0.15, -0.1) is 0 Å². The van der Waals surface area contributed by atoms with Gasteiger partial charge in [0.15, 0.2) is 0 Å². The van der Waals surface area contributed by atoms with E-state index in [1.54, 1.807) is 0 Å². The lowest BCUT2D eigenvalue weighted by molar-refractivity contribution is 0.450. The highest BCUT2D eigenvalue weighted by Crippen LogP contribution is 2.20. The Kier molecular flexibility index (Phi) is 11.1. The Bertz CT molecular complexity index is 596. The first-order valence-electron chi connectivity index (χ1n) is 11.8. The number of hydrogen-bond acceptors (Lipinski definition) is 4. The van der Waals surface area contributed by atoms with Gasteiger partial charge in [0, 0.05) is 13.1 Å². The van der Waals surface area contributed by atoms with Crippen molar-refractivity contribution in [2.24, 2.45) is 0 Å². The third-order valence-corrected chi connectivity index (χ3v) is 5.88. The van der Waals surface area contributed by atoms with E-state index < -0.39 is 5.56 Å². The zero-order chi connectivity index (χ0) is 20.0. The van der Waals surface area contributed by atoms with E-state index >= 15 is 0 Å². The average Bonchev–Trinajstić information content (AvgIpc) is 2.64. The lowest BCUT2D eigenvalue weighted by atomic mass is 10.0. The van der Waals surface area contributed by atoms with Crippen LogP contribution in [0.4, 0.5) is 5.95 Å². The third kappa shape index (κ3) is 8.24. The molecule has 1 aliphatic rings. The molecule has 0 aliphatic carbocycles. The van der Waals surface area contributed by atoms with E-state index in [1.807, 2.05) is 0 Å². The van der Waals surface area contributed by atoms with E-state index in [0.29, 0.717) is 18.1 Å². The van der Waals surface area contributed by atoms with Gasteiger partial charge in [-0.25, -0.2) is 4.98 Å². The van der Waals surface area contributed by atoms with Crippen molar-refractivity contribution in [2.45, 2.75) is 110 Å². The second kappa shape index (κ2) is 13.6. The Hall–Kier alpha value is -1.52. The Morgan fingerprint density at radius 1 is 0.857 bits per heavy atom. The van der Waals surface area contributed by atoms with E-state index in [2.05, 4.69) is 21.8 Å². The summed E-state index contributed by atoms with van der Waals surface area (Å²) in [5.41, 5.74) is 0.154. The average molecular weight is 392 g/mol. The first kappa shape index (κ1) is 22.8. The standard InChI is InChI=1S/C23H41N3O2/c1-2-3-4-5-6-7-8-9-10-11-12-13-14-15-17-20-21(27)22(28)25-23(24-20)26-18-16-19-26/h27H,2-19H2,1H3,(H,24,25,28). The topological polar surface area (TPSA) is 69.2 Å². The van der Waals surface area contributed by atoms with Gasteiger partial charge in [-0.1, -0.05) is 90.4 Å². The molecule has 5 heteroatoms. The largest absolute Gasteiger partial charge is 0.502 e. The molecule has 2 heterocycles. The fraction of sp³-hybridized carbons (Fsp3) is 0.826. The van der Waals surface area contributed by atoms with Gasteiger partial charge >= 0.3 is 0 Å². The number of hydrogen-bond donors (Lipinski definition) is 2. The number of nitrogens with zero attached hydrogens (tertiary/aromatic N) is 2. The first-order chi connectivity index (χ1) is 13.7. The molecular formula is C23H41N3O2. The normalized spacial score (nSPS) is 13.7. The number of aryl methyl sites for hydroxylation is 1. The van der Waals surface area contributed by atoms with Crippen LogP contribution in [-0.2, 0) is 6.42 Å². The summed E-state index contributed by atoms with van der Waals surface area (Å²) in [6.07, 6.45) is 20.4. The minimum atomic E-state index is -0.405. The third-order valence-electron chi connectivity index (χ3n) is 5.88. The van der Waals surface area contributed by atoms with E-state index in [9.17, 15) is 9.90 Å². The van der Waals surface area contributed by atoms with Gasteiger partial charge in [-0.05, 0) is 19.3 Å². The maximum Gasteiger partial charge on any atom is 0.294 e. The Labute approximate surface area is 171 Å².